The quantitative estimate of drug-likeness (QED) is 0.574. The van der Waals surface area contributed by atoms with Gasteiger partial charge in [-0.1, -0.05) is 29.2 Å². The van der Waals surface area contributed by atoms with E-state index < -0.39 is 0 Å². The topological polar surface area (TPSA) is 80.1 Å². The Balaban J connectivity index is 1.30. The molecule has 0 aliphatic heterocycles. The second-order valence-electron chi connectivity index (χ2n) is 6.39. The number of nitrogens with zero attached hydrogens (tertiary/aromatic N) is 2. The lowest BCUT2D eigenvalue weighted by atomic mass is 10.1. The van der Waals surface area contributed by atoms with Gasteiger partial charge in [-0.2, -0.15) is 0 Å². The lowest BCUT2D eigenvalue weighted by Crippen LogP contribution is -2.22. The number of benzene rings is 1. The molecular weight excluding hydrogens is 380 g/mol. The molecule has 0 bridgehead atoms. The van der Waals surface area contributed by atoms with E-state index in [0.29, 0.717) is 11.7 Å². The summed E-state index contributed by atoms with van der Waals surface area (Å²) < 4.78 is 6.04. The van der Waals surface area contributed by atoms with Crippen molar-refractivity contribution in [2.24, 2.45) is 0 Å². The molecule has 4 rings (SSSR count). The first-order valence-corrected chi connectivity index (χ1v) is 10.6. The number of fused-ring (bicyclic) bond motifs is 1. The fourth-order valence-electron chi connectivity index (χ4n) is 3.00. The Morgan fingerprint density at radius 1 is 1.30 bits per heavy atom. The van der Waals surface area contributed by atoms with Crippen molar-refractivity contribution in [1.29, 1.82) is 0 Å². The number of hydrogen-bond acceptors (Lipinski definition) is 7. The smallest absolute Gasteiger partial charge is 0.237 e. The third kappa shape index (κ3) is 4.51. The number of furan rings is 1. The van der Waals surface area contributed by atoms with Crippen LogP contribution in [0.15, 0.2) is 45.4 Å². The summed E-state index contributed by atoms with van der Waals surface area (Å²) in [5.41, 5.74) is 3.62. The van der Waals surface area contributed by atoms with E-state index in [-0.39, 0.29) is 11.2 Å². The first-order chi connectivity index (χ1) is 13.2. The highest BCUT2D eigenvalue weighted by molar-refractivity contribution is 8.02. The van der Waals surface area contributed by atoms with Crippen molar-refractivity contribution in [3.05, 3.63) is 53.5 Å². The van der Waals surface area contributed by atoms with Crippen LogP contribution < -0.4 is 10.6 Å². The number of anilines is 2. The van der Waals surface area contributed by atoms with Crippen molar-refractivity contribution in [1.82, 2.24) is 10.2 Å². The van der Waals surface area contributed by atoms with Crippen molar-refractivity contribution < 1.29 is 9.21 Å². The van der Waals surface area contributed by atoms with Gasteiger partial charge in [0.05, 0.1) is 18.1 Å². The van der Waals surface area contributed by atoms with Crippen molar-refractivity contribution >= 4 is 39.8 Å². The summed E-state index contributed by atoms with van der Waals surface area (Å²) in [6.07, 6.45) is 5.08. The van der Waals surface area contributed by atoms with Crippen molar-refractivity contribution in [3.8, 4) is 0 Å². The Morgan fingerprint density at radius 2 is 2.19 bits per heavy atom. The third-order valence-electron chi connectivity index (χ3n) is 4.41. The fraction of sp³-hybridized carbons (Fsp3) is 0.316. The number of hydrogen-bond donors (Lipinski definition) is 2. The maximum atomic E-state index is 12.5. The Kier molecular flexibility index (Phi) is 5.45. The van der Waals surface area contributed by atoms with Gasteiger partial charge in [0.15, 0.2) is 4.34 Å². The summed E-state index contributed by atoms with van der Waals surface area (Å²) >= 11 is 2.84. The van der Waals surface area contributed by atoms with Crippen LogP contribution in [0.25, 0.3) is 0 Å². The predicted octanol–water partition coefficient (Wildman–Crippen LogP) is 4.35. The normalized spacial score (nSPS) is 14.0. The van der Waals surface area contributed by atoms with E-state index in [9.17, 15) is 4.79 Å². The molecule has 1 aliphatic rings. The molecule has 1 aromatic carbocycles. The van der Waals surface area contributed by atoms with Gasteiger partial charge < -0.3 is 15.1 Å². The molecule has 1 atom stereocenters. The minimum Gasteiger partial charge on any atom is -0.467 e. The number of aromatic nitrogens is 2. The van der Waals surface area contributed by atoms with E-state index in [1.165, 1.54) is 40.6 Å². The SMILES string of the molecule is CC(Sc1nnc(NCc2ccco2)s1)C(=O)Nc1ccc2c(c1)CCC2. The van der Waals surface area contributed by atoms with Crippen LogP contribution in [0.3, 0.4) is 0 Å². The molecule has 1 amide bonds. The van der Waals surface area contributed by atoms with Gasteiger partial charge in [-0.25, -0.2) is 0 Å². The van der Waals surface area contributed by atoms with Crippen LogP contribution >= 0.6 is 23.1 Å². The van der Waals surface area contributed by atoms with E-state index in [1.807, 2.05) is 25.1 Å². The zero-order valence-corrected chi connectivity index (χ0v) is 16.5. The fourth-order valence-corrected chi connectivity index (χ4v) is 4.89. The van der Waals surface area contributed by atoms with Crippen LogP contribution in [-0.4, -0.2) is 21.4 Å². The molecule has 1 unspecified atom stereocenters. The van der Waals surface area contributed by atoms with E-state index in [4.69, 9.17) is 4.42 Å². The standard InChI is InChI=1S/C19H20N4O2S2/c1-12(17(24)21-15-8-7-13-4-2-5-14(13)10-15)26-19-23-22-18(27-19)20-11-16-6-3-9-25-16/h3,6-10,12H,2,4-5,11H2,1H3,(H,20,22)(H,21,24). The maximum Gasteiger partial charge on any atom is 0.237 e. The summed E-state index contributed by atoms with van der Waals surface area (Å²) in [5, 5.41) is 14.9. The molecule has 3 aromatic rings. The van der Waals surface area contributed by atoms with Gasteiger partial charge in [-0.15, -0.1) is 10.2 Å². The van der Waals surface area contributed by atoms with Crippen LogP contribution in [0, 0.1) is 0 Å². The van der Waals surface area contributed by atoms with Gasteiger partial charge in [-0.3, -0.25) is 4.79 Å². The van der Waals surface area contributed by atoms with E-state index >= 15 is 0 Å². The molecule has 140 valence electrons. The Hall–Kier alpha value is -2.32. The van der Waals surface area contributed by atoms with E-state index in [2.05, 4.69) is 33.0 Å². The molecule has 2 aromatic heterocycles. The van der Waals surface area contributed by atoms with Gasteiger partial charge >= 0.3 is 0 Å². The molecule has 0 radical (unpaired) electrons. The number of nitrogens with one attached hydrogen (secondary N) is 2. The van der Waals surface area contributed by atoms with Gasteiger partial charge in [0.25, 0.3) is 0 Å². The lowest BCUT2D eigenvalue weighted by molar-refractivity contribution is -0.115. The highest BCUT2D eigenvalue weighted by Gasteiger charge is 2.18. The van der Waals surface area contributed by atoms with Crippen LogP contribution in [0.1, 0.15) is 30.2 Å². The van der Waals surface area contributed by atoms with Crippen molar-refractivity contribution in [3.63, 3.8) is 0 Å². The van der Waals surface area contributed by atoms with Crippen LogP contribution in [0.4, 0.5) is 10.8 Å². The summed E-state index contributed by atoms with van der Waals surface area (Å²) in [4.78, 5) is 12.5. The number of amides is 1. The largest absolute Gasteiger partial charge is 0.467 e. The first-order valence-electron chi connectivity index (χ1n) is 8.86. The maximum absolute atomic E-state index is 12.5. The van der Waals surface area contributed by atoms with E-state index in [1.54, 1.807) is 6.26 Å². The highest BCUT2D eigenvalue weighted by Crippen LogP contribution is 2.30. The zero-order valence-electron chi connectivity index (χ0n) is 14.9. The Labute approximate surface area is 165 Å². The van der Waals surface area contributed by atoms with Crippen LogP contribution in [0.2, 0.25) is 0 Å². The average Bonchev–Trinajstić information content (AvgIpc) is 3.41. The summed E-state index contributed by atoms with van der Waals surface area (Å²) in [6.45, 7) is 2.44. The van der Waals surface area contributed by atoms with Crippen molar-refractivity contribution in [2.75, 3.05) is 10.6 Å². The van der Waals surface area contributed by atoms with Gasteiger partial charge in [-0.05, 0) is 61.6 Å². The summed E-state index contributed by atoms with van der Waals surface area (Å²) in [7, 11) is 0. The van der Waals surface area contributed by atoms with Gasteiger partial charge in [0, 0.05) is 5.69 Å². The molecular formula is C19H20N4O2S2. The highest BCUT2D eigenvalue weighted by atomic mass is 32.2. The second-order valence-corrected chi connectivity index (χ2v) is 8.96. The second kappa shape index (κ2) is 8.14. The average molecular weight is 401 g/mol. The third-order valence-corrected chi connectivity index (χ3v) is 6.48. The molecule has 0 spiro atoms. The van der Waals surface area contributed by atoms with Crippen LogP contribution in [0.5, 0.6) is 0 Å². The van der Waals surface area contributed by atoms with Gasteiger partial charge in [0.1, 0.15) is 5.76 Å². The predicted molar refractivity (Wildman–Crippen MR) is 108 cm³/mol. The zero-order chi connectivity index (χ0) is 18.6. The summed E-state index contributed by atoms with van der Waals surface area (Å²) in [5.74, 6) is 0.805. The molecule has 0 fully saturated rings. The molecule has 27 heavy (non-hydrogen) atoms. The monoisotopic (exact) mass is 400 g/mol. The van der Waals surface area contributed by atoms with Crippen LogP contribution in [-0.2, 0) is 24.2 Å². The molecule has 2 N–H and O–H groups in total. The minimum atomic E-state index is -0.260. The number of rotatable bonds is 7. The van der Waals surface area contributed by atoms with Gasteiger partial charge in [0.2, 0.25) is 11.0 Å². The number of thioether (sulfide) groups is 1. The summed E-state index contributed by atoms with van der Waals surface area (Å²) in [6, 6.07) is 9.95. The number of carbonyl (C=O) groups excluding carboxylic acids is 1. The number of carbonyl (C=O) groups is 1. The molecule has 0 saturated heterocycles. The lowest BCUT2D eigenvalue weighted by Gasteiger charge is -2.11. The molecule has 8 heteroatoms. The molecule has 6 nitrogen and oxygen atoms in total. The molecule has 2 heterocycles. The molecule has 1 aliphatic carbocycles. The molecule has 0 saturated carbocycles. The first kappa shape index (κ1) is 18.1. The Morgan fingerprint density at radius 3 is 3.04 bits per heavy atom. The minimum absolute atomic E-state index is 0.0294. The van der Waals surface area contributed by atoms with E-state index in [0.717, 1.165) is 28.6 Å². The Bertz CT molecular complexity index is 924. The van der Waals surface area contributed by atoms with Crippen molar-refractivity contribution in [2.45, 2.75) is 42.3 Å². The number of aryl methyl sites for hydroxylation is 2.